The Morgan fingerprint density at radius 1 is 1.22 bits per heavy atom. The van der Waals surface area contributed by atoms with Gasteiger partial charge in [-0.2, -0.15) is 0 Å². The molecule has 0 radical (unpaired) electrons. The molecule has 1 rings (SSSR count). The van der Waals surface area contributed by atoms with Gasteiger partial charge in [-0.15, -0.1) is 0 Å². The SMILES string of the molecule is CCNCc1ccccc1CN(C)CCCOC. The number of ether oxygens (including phenoxy) is 1. The summed E-state index contributed by atoms with van der Waals surface area (Å²) in [6.45, 7) is 7.02. The summed E-state index contributed by atoms with van der Waals surface area (Å²) < 4.78 is 5.08. The Bertz CT molecular complexity index is 328. The fraction of sp³-hybridized carbons (Fsp3) is 0.600. The molecule has 1 aromatic carbocycles. The van der Waals surface area contributed by atoms with Gasteiger partial charge in [0.15, 0.2) is 0 Å². The van der Waals surface area contributed by atoms with Crippen molar-refractivity contribution in [1.29, 1.82) is 0 Å². The molecule has 1 N–H and O–H groups in total. The second-order valence-corrected chi connectivity index (χ2v) is 4.63. The highest BCUT2D eigenvalue weighted by Gasteiger charge is 2.04. The molecule has 3 heteroatoms. The second kappa shape index (κ2) is 9.09. The quantitative estimate of drug-likeness (QED) is 0.680. The predicted molar refractivity (Wildman–Crippen MR) is 76.6 cm³/mol. The van der Waals surface area contributed by atoms with Crippen LogP contribution in [0.3, 0.4) is 0 Å². The van der Waals surface area contributed by atoms with Crippen molar-refractivity contribution in [3.05, 3.63) is 35.4 Å². The molecule has 3 nitrogen and oxygen atoms in total. The van der Waals surface area contributed by atoms with E-state index in [0.29, 0.717) is 0 Å². The topological polar surface area (TPSA) is 24.5 Å². The molecule has 0 fully saturated rings. The minimum Gasteiger partial charge on any atom is -0.385 e. The molecule has 0 amide bonds. The van der Waals surface area contributed by atoms with Crippen molar-refractivity contribution in [1.82, 2.24) is 10.2 Å². The second-order valence-electron chi connectivity index (χ2n) is 4.63. The van der Waals surface area contributed by atoms with Crippen molar-refractivity contribution >= 4 is 0 Å². The highest BCUT2D eigenvalue weighted by molar-refractivity contribution is 5.26. The summed E-state index contributed by atoms with van der Waals surface area (Å²) in [5.41, 5.74) is 2.82. The average Bonchev–Trinajstić information content (AvgIpc) is 2.38. The lowest BCUT2D eigenvalue weighted by Gasteiger charge is -2.18. The largest absolute Gasteiger partial charge is 0.385 e. The standard InChI is InChI=1S/C15H26N2O/c1-4-16-12-14-8-5-6-9-15(14)13-17(2)10-7-11-18-3/h5-6,8-9,16H,4,7,10-13H2,1-3H3. The van der Waals surface area contributed by atoms with Crippen LogP contribution in [0.4, 0.5) is 0 Å². The van der Waals surface area contributed by atoms with E-state index >= 15 is 0 Å². The van der Waals surface area contributed by atoms with Gasteiger partial charge in [-0.3, -0.25) is 0 Å². The summed E-state index contributed by atoms with van der Waals surface area (Å²) in [6.07, 6.45) is 1.09. The number of nitrogens with zero attached hydrogens (tertiary/aromatic N) is 1. The van der Waals surface area contributed by atoms with Crippen LogP contribution in [-0.2, 0) is 17.8 Å². The van der Waals surface area contributed by atoms with Gasteiger partial charge in [0, 0.05) is 33.4 Å². The van der Waals surface area contributed by atoms with Crippen molar-refractivity contribution in [3.8, 4) is 0 Å². The first kappa shape index (κ1) is 15.2. The third-order valence-electron chi connectivity index (χ3n) is 3.01. The minimum absolute atomic E-state index is 0.837. The summed E-state index contributed by atoms with van der Waals surface area (Å²) >= 11 is 0. The van der Waals surface area contributed by atoms with Crippen LogP contribution in [0.15, 0.2) is 24.3 Å². The van der Waals surface area contributed by atoms with Gasteiger partial charge in [0.1, 0.15) is 0 Å². The summed E-state index contributed by atoms with van der Waals surface area (Å²) in [7, 11) is 3.92. The van der Waals surface area contributed by atoms with Gasteiger partial charge >= 0.3 is 0 Å². The van der Waals surface area contributed by atoms with Crippen LogP contribution in [0, 0.1) is 0 Å². The zero-order valence-electron chi connectivity index (χ0n) is 11.9. The molecular weight excluding hydrogens is 224 g/mol. The number of hydrogen-bond acceptors (Lipinski definition) is 3. The van der Waals surface area contributed by atoms with E-state index in [1.165, 1.54) is 11.1 Å². The van der Waals surface area contributed by atoms with Crippen molar-refractivity contribution < 1.29 is 4.74 Å². The molecule has 0 aromatic heterocycles. The molecule has 0 unspecified atom stereocenters. The number of hydrogen-bond donors (Lipinski definition) is 1. The van der Waals surface area contributed by atoms with Crippen LogP contribution in [0.1, 0.15) is 24.5 Å². The molecule has 0 bridgehead atoms. The number of rotatable bonds is 9. The average molecular weight is 250 g/mol. The molecule has 0 spiro atoms. The smallest absolute Gasteiger partial charge is 0.0474 e. The number of methoxy groups -OCH3 is 1. The first-order chi connectivity index (χ1) is 8.77. The molecular formula is C15H26N2O. The molecule has 102 valence electrons. The van der Waals surface area contributed by atoms with Crippen molar-refractivity contribution in [2.45, 2.75) is 26.4 Å². The van der Waals surface area contributed by atoms with E-state index in [-0.39, 0.29) is 0 Å². The summed E-state index contributed by atoms with van der Waals surface area (Å²) in [6, 6.07) is 8.66. The molecule has 0 heterocycles. The maximum atomic E-state index is 5.08. The lowest BCUT2D eigenvalue weighted by Crippen LogP contribution is -2.22. The number of benzene rings is 1. The van der Waals surface area contributed by atoms with Gasteiger partial charge in [0.25, 0.3) is 0 Å². The number of nitrogens with one attached hydrogen (secondary N) is 1. The highest BCUT2D eigenvalue weighted by atomic mass is 16.5. The third kappa shape index (κ3) is 5.63. The lowest BCUT2D eigenvalue weighted by atomic mass is 10.1. The first-order valence-corrected chi connectivity index (χ1v) is 6.73. The van der Waals surface area contributed by atoms with E-state index in [0.717, 1.165) is 39.2 Å². The van der Waals surface area contributed by atoms with Crippen LogP contribution in [0.25, 0.3) is 0 Å². The fourth-order valence-corrected chi connectivity index (χ4v) is 1.99. The molecule has 0 saturated heterocycles. The Morgan fingerprint density at radius 3 is 2.61 bits per heavy atom. The summed E-state index contributed by atoms with van der Waals surface area (Å²) in [5, 5.41) is 3.39. The van der Waals surface area contributed by atoms with Gasteiger partial charge in [-0.05, 0) is 31.1 Å². The minimum atomic E-state index is 0.837. The van der Waals surface area contributed by atoms with E-state index in [2.05, 4.69) is 48.5 Å². The lowest BCUT2D eigenvalue weighted by molar-refractivity contribution is 0.178. The molecule has 0 aliphatic heterocycles. The fourth-order valence-electron chi connectivity index (χ4n) is 1.99. The Kier molecular flexibility index (Phi) is 7.65. The molecule has 0 aliphatic carbocycles. The van der Waals surface area contributed by atoms with Crippen LogP contribution in [-0.4, -0.2) is 38.8 Å². The zero-order chi connectivity index (χ0) is 13.2. The Morgan fingerprint density at radius 2 is 1.94 bits per heavy atom. The Labute approximate surface area is 111 Å². The van der Waals surface area contributed by atoms with Gasteiger partial charge in [0.2, 0.25) is 0 Å². The van der Waals surface area contributed by atoms with Crippen LogP contribution in [0.2, 0.25) is 0 Å². The normalized spacial score (nSPS) is 11.1. The van der Waals surface area contributed by atoms with Crippen molar-refractivity contribution in [3.63, 3.8) is 0 Å². The molecule has 0 aliphatic rings. The van der Waals surface area contributed by atoms with Crippen molar-refractivity contribution in [2.75, 3.05) is 33.9 Å². The third-order valence-corrected chi connectivity index (χ3v) is 3.01. The van der Waals surface area contributed by atoms with Crippen molar-refractivity contribution in [2.24, 2.45) is 0 Å². The Hall–Kier alpha value is -0.900. The van der Waals surface area contributed by atoms with Gasteiger partial charge in [-0.25, -0.2) is 0 Å². The van der Waals surface area contributed by atoms with Gasteiger partial charge < -0.3 is 15.0 Å². The molecule has 0 atom stereocenters. The molecule has 1 aromatic rings. The highest BCUT2D eigenvalue weighted by Crippen LogP contribution is 2.11. The Balaban J connectivity index is 2.49. The van der Waals surface area contributed by atoms with E-state index in [9.17, 15) is 0 Å². The van der Waals surface area contributed by atoms with E-state index in [1.54, 1.807) is 7.11 Å². The van der Waals surface area contributed by atoms with E-state index in [1.807, 2.05) is 0 Å². The summed E-state index contributed by atoms with van der Waals surface area (Å²) in [4.78, 5) is 2.35. The predicted octanol–water partition coefficient (Wildman–Crippen LogP) is 2.26. The molecule has 18 heavy (non-hydrogen) atoms. The maximum absolute atomic E-state index is 5.08. The van der Waals surface area contributed by atoms with E-state index < -0.39 is 0 Å². The maximum Gasteiger partial charge on any atom is 0.0474 e. The van der Waals surface area contributed by atoms with Crippen LogP contribution in [0.5, 0.6) is 0 Å². The van der Waals surface area contributed by atoms with Crippen LogP contribution < -0.4 is 5.32 Å². The summed E-state index contributed by atoms with van der Waals surface area (Å²) in [5.74, 6) is 0. The first-order valence-electron chi connectivity index (χ1n) is 6.73. The monoisotopic (exact) mass is 250 g/mol. The zero-order valence-corrected chi connectivity index (χ0v) is 11.9. The van der Waals surface area contributed by atoms with Gasteiger partial charge in [0.05, 0.1) is 0 Å². The van der Waals surface area contributed by atoms with E-state index in [4.69, 9.17) is 4.74 Å². The van der Waals surface area contributed by atoms with Crippen LogP contribution >= 0.6 is 0 Å². The molecule has 0 saturated carbocycles. The van der Waals surface area contributed by atoms with Gasteiger partial charge in [-0.1, -0.05) is 31.2 Å².